The summed E-state index contributed by atoms with van der Waals surface area (Å²) in [5.74, 6) is 4.05. The summed E-state index contributed by atoms with van der Waals surface area (Å²) in [5.41, 5.74) is 0.466. The number of rotatable bonds is 6. The summed E-state index contributed by atoms with van der Waals surface area (Å²) >= 11 is 0. The SMILES string of the molecule is CC(C)C(C)CC(C)(C)C(C)C(C)C(C)C. The Labute approximate surface area is 104 Å². The predicted octanol–water partition coefficient (Wildman–Crippen LogP) is 5.62. The quantitative estimate of drug-likeness (QED) is 0.551. The van der Waals surface area contributed by atoms with E-state index in [-0.39, 0.29) is 0 Å². The van der Waals surface area contributed by atoms with Gasteiger partial charge in [0.2, 0.25) is 0 Å². The maximum absolute atomic E-state index is 2.45. The summed E-state index contributed by atoms with van der Waals surface area (Å²) in [5, 5.41) is 0. The van der Waals surface area contributed by atoms with Gasteiger partial charge in [-0.1, -0.05) is 62.3 Å². The molecule has 0 aliphatic carbocycles. The summed E-state index contributed by atoms with van der Waals surface area (Å²) in [4.78, 5) is 0. The lowest BCUT2D eigenvalue weighted by molar-refractivity contribution is 0.0969. The predicted molar refractivity (Wildman–Crippen MR) is 75.6 cm³/mol. The normalized spacial score (nSPS) is 18.9. The highest BCUT2D eigenvalue weighted by atomic mass is 14.4. The van der Waals surface area contributed by atoms with E-state index in [9.17, 15) is 0 Å². The summed E-state index contributed by atoms with van der Waals surface area (Å²) < 4.78 is 0. The average molecular weight is 226 g/mol. The first-order valence-corrected chi connectivity index (χ1v) is 7.09. The van der Waals surface area contributed by atoms with Crippen LogP contribution in [-0.2, 0) is 0 Å². The molecule has 0 rings (SSSR count). The zero-order chi connectivity index (χ0) is 13.1. The Hall–Kier alpha value is 0. The van der Waals surface area contributed by atoms with E-state index in [0.29, 0.717) is 5.41 Å². The second-order valence-corrected chi connectivity index (χ2v) is 7.31. The Bertz CT molecular complexity index is 188. The minimum Gasteiger partial charge on any atom is -0.0625 e. The summed E-state index contributed by atoms with van der Waals surface area (Å²) in [7, 11) is 0. The van der Waals surface area contributed by atoms with Crippen molar-refractivity contribution in [3.8, 4) is 0 Å². The van der Waals surface area contributed by atoms with Gasteiger partial charge >= 0.3 is 0 Å². The standard InChI is InChI=1S/C16H34/c1-11(2)13(5)10-16(8,9)15(7)14(6)12(3)4/h11-15H,10H2,1-9H3. The highest BCUT2D eigenvalue weighted by Crippen LogP contribution is 2.41. The van der Waals surface area contributed by atoms with Crippen LogP contribution in [0.5, 0.6) is 0 Å². The lowest BCUT2D eigenvalue weighted by Crippen LogP contribution is -2.32. The van der Waals surface area contributed by atoms with Gasteiger partial charge in [-0.15, -0.1) is 0 Å². The highest BCUT2D eigenvalue weighted by molar-refractivity contribution is 4.82. The van der Waals surface area contributed by atoms with E-state index in [1.807, 2.05) is 0 Å². The first-order valence-electron chi connectivity index (χ1n) is 7.09. The van der Waals surface area contributed by atoms with Crippen LogP contribution in [0.2, 0.25) is 0 Å². The molecule has 0 saturated heterocycles. The van der Waals surface area contributed by atoms with E-state index in [4.69, 9.17) is 0 Å². The Morgan fingerprint density at radius 1 is 0.750 bits per heavy atom. The van der Waals surface area contributed by atoms with E-state index in [1.165, 1.54) is 6.42 Å². The van der Waals surface area contributed by atoms with Gasteiger partial charge in [0, 0.05) is 0 Å². The van der Waals surface area contributed by atoms with Crippen molar-refractivity contribution < 1.29 is 0 Å². The van der Waals surface area contributed by atoms with Crippen LogP contribution in [0.1, 0.15) is 68.7 Å². The summed E-state index contributed by atoms with van der Waals surface area (Å²) in [6.45, 7) is 21.6. The topological polar surface area (TPSA) is 0 Å². The molecule has 0 aromatic carbocycles. The molecule has 0 aromatic heterocycles. The minimum atomic E-state index is 0.466. The van der Waals surface area contributed by atoms with E-state index in [0.717, 1.165) is 29.6 Å². The van der Waals surface area contributed by atoms with Gasteiger partial charge in [-0.05, 0) is 41.4 Å². The molecule has 0 spiro atoms. The van der Waals surface area contributed by atoms with Crippen molar-refractivity contribution in [1.82, 2.24) is 0 Å². The van der Waals surface area contributed by atoms with Gasteiger partial charge < -0.3 is 0 Å². The average Bonchev–Trinajstić information content (AvgIpc) is 2.14. The van der Waals surface area contributed by atoms with Crippen LogP contribution >= 0.6 is 0 Å². The van der Waals surface area contributed by atoms with Gasteiger partial charge in [-0.2, -0.15) is 0 Å². The van der Waals surface area contributed by atoms with Crippen LogP contribution in [0.25, 0.3) is 0 Å². The Morgan fingerprint density at radius 2 is 1.19 bits per heavy atom. The molecule has 3 unspecified atom stereocenters. The van der Waals surface area contributed by atoms with Gasteiger partial charge in [0.1, 0.15) is 0 Å². The zero-order valence-corrected chi connectivity index (χ0v) is 13.1. The van der Waals surface area contributed by atoms with E-state index < -0.39 is 0 Å². The maximum atomic E-state index is 2.45. The van der Waals surface area contributed by atoms with Crippen molar-refractivity contribution in [2.75, 3.05) is 0 Å². The van der Waals surface area contributed by atoms with Crippen molar-refractivity contribution in [3.05, 3.63) is 0 Å². The van der Waals surface area contributed by atoms with Gasteiger partial charge in [-0.25, -0.2) is 0 Å². The fourth-order valence-electron chi connectivity index (χ4n) is 2.54. The smallest absolute Gasteiger partial charge is 0.0323 e. The van der Waals surface area contributed by atoms with Gasteiger partial charge in [0.25, 0.3) is 0 Å². The summed E-state index contributed by atoms with van der Waals surface area (Å²) in [6, 6.07) is 0. The van der Waals surface area contributed by atoms with Gasteiger partial charge in [-0.3, -0.25) is 0 Å². The van der Waals surface area contributed by atoms with Crippen LogP contribution < -0.4 is 0 Å². The molecule has 0 heterocycles. The van der Waals surface area contributed by atoms with Gasteiger partial charge in [0.15, 0.2) is 0 Å². The van der Waals surface area contributed by atoms with Crippen molar-refractivity contribution >= 4 is 0 Å². The first kappa shape index (κ1) is 16.0. The van der Waals surface area contributed by atoms with Crippen LogP contribution in [0.3, 0.4) is 0 Å². The zero-order valence-electron chi connectivity index (χ0n) is 13.1. The molecule has 0 aliphatic heterocycles. The summed E-state index contributed by atoms with van der Waals surface area (Å²) in [6.07, 6.45) is 1.35. The van der Waals surface area contributed by atoms with Crippen molar-refractivity contribution in [3.63, 3.8) is 0 Å². The Morgan fingerprint density at radius 3 is 1.50 bits per heavy atom. The molecule has 0 fully saturated rings. The van der Waals surface area contributed by atoms with Crippen LogP contribution in [0.4, 0.5) is 0 Å². The maximum Gasteiger partial charge on any atom is -0.0323 e. The molecule has 0 nitrogen and oxygen atoms in total. The third kappa shape index (κ3) is 4.47. The number of hydrogen-bond acceptors (Lipinski definition) is 0. The molecule has 0 amide bonds. The van der Waals surface area contributed by atoms with E-state index in [2.05, 4.69) is 62.3 Å². The molecule has 98 valence electrons. The van der Waals surface area contributed by atoms with Crippen LogP contribution in [-0.4, -0.2) is 0 Å². The molecule has 3 atom stereocenters. The fraction of sp³-hybridized carbons (Fsp3) is 1.00. The lowest BCUT2D eigenvalue weighted by atomic mass is 9.65. The molecule has 0 N–H and O–H groups in total. The molecule has 16 heavy (non-hydrogen) atoms. The monoisotopic (exact) mass is 226 g/mol. The van der Waals surface area contributed by atoms with E-state index in [1.54, 1.807) is 0 Å². The van der Waals surface area contributed by atoms with Crippen molar-refractivity contribution in [2.45, 2.75) is 68.7 Å². The minimum absolute atomic E-state index is 0.466. The molecular formula is C16H34. The number of hydrogen-bond donors (Lipinski definition) is 0. The largest absolute Gasteiger partial charge is 0.0625 e. The van der Waals surface area contributed by atoms with Crippen molar-refractivity contribution in [1.29, 1.82) is 0 Å². The molecule has 0 saturated carbocycles. The highest BCUT2D eigenvalue weighted by Gasteiger charge is 2.32. The molecule has 0 radical (unpaired) electrons. The molecule has 0 aliphatic rings. The lowest BCUT2D eigenvalue weighted by Gasteiger charge is -2.40. The molecule has 0 bridgehead atoms. The molecular weight excluding hydrogens is 192 g/mol. The van der Waals surface area contributed by atoms with E-state index >= 15 is 0 Å². The second kappa shape index (κ2) is 6.07. The fourth-order valence-corrected chi connectivity index (χ4v) is 2.54. The van der Waals surface area contributed by atoms with Crippen LogP contribution in [0, 0.1) is 35.0 Å². The molecule has 0 aromatic rings. The third-order valence-corrected chi connectivity index (χ3v) is 5.06. The third-order valence-electron chi connectivity index (χ3n) is 5.06. The molecule has 0 heteroatoms. The second-order valence-electron chi connectivity index (χ2n) is 7.31. The Balaban J connectivity index is 4.53. The van der Waals surface area contributed by atoms with Gasteiger partial charge in [0.05, 0.1) is 0 Å². The first-order chi connectivity index (χ1) is 7.09. The van der Waals surface area contributed by atoms with Crippen molar-refractivity contribution in [2.24, 2.45) is 35.0 Å². The van der Waals surface area contributed by atoms with Crippen LogP contribution in [0.15, 0.2) is 0 Å². The Kier molecular flexibility index (Phi) is 6.07.